The second kappa shape index (κ2) is 11.1. The molecule has 2 aromatic carbocycles. The topological polar surface area (TPSA) is 82.0 Å². The molecule has 1 atom stereocenters. The lowest BCUT2D eigenvalue weighted by molar-refractivity contribution is -0.121. The van der Waals surface area contributed by atoms with Crippen LogP contribution in [0.3, 0.4) is 0 Å². The van der Waals surface area contributed by atoms with Gasteiger partial charge in [0.1, 0.15) is 0 Å². The molecule has 32 heavy (non-hydrogen) atoms. The van der Waals surface area contributed by atoms with E-state index in [1.165, 1.54) is 11.8 Å². The molecule has 1 aliphatic heterocycles. The van der Waals surface area contributed by atoms with Crippen LogP contribution < -0.4 is 10.6 Å². The number of benzene rings is 2. The molecule has 0 saturated heterocycles. The lowest BCUT2D eigenvalue weighted by atomic mass is 9.87. The fourth-order valence-corrected chi connectivity index (χ4v) is 5.54. The number of carbonyl (C=O) groups excluding carboxylic acids is 2. The SMILES string of the molecule is CCc1cc(Br)cc(C)c1NC(=O)CSC1=C(C#N)[C@@H](c2ccc(SC)cc2)CC(=O)N1. The van der Waals surface area contributed by atoms with Crippen LogP contribution in [0.4, 0.5) is 5.69 Å². The molecule has 2 aromatic rings. The van der Waals surface area contributed by atoms with Gasteiger partial charge in [-0.05, 0) is 60.6 Å². The number of amides is 2. The normalized spacial score (nSPS) is 15.8. The summed E-state index contributed by atoms with van der Waals surface area (Å²) in [6, 6.07) is 14.1. The van der Waals surface area contributed by atoms with E-state index in [0.29, 0.717) is 10.6 Å². The Kier molecular flexibility index (Phi) is 8.46. The third-order valence-corrected chi connectivity index (χ3v) is 7.47. The molecule has 1 heterocycles. The molecule has 2 amide bonds. The van der Waals surface area contributed by atoms with Crippen LogP contribution >= 0.6 is 39.5 Å². The highest BCUT2D eigenvalue weighted by molar-refractivity contribution is 9.10. The number of allylic oxidation sites excluding steroid dienone is 1. The number of aryl methyl sites for hydroxylation is 2. The maximum Gasteiger partial charge on any atom is 0.234 e. The average Bonchev–Trinajstić information content (AvgIpc) is 2.78. The van der Waals surface area contributed by atoms with Gasteiger partial charge < -0.3 is 10.6 Å². The molecule has 3 rings (SSSR count). The van der Waals surface area contributed by atoms with Gasteiger partial charge in [-0.2, -0.15) is 5.26 Å². The van der Waals surface area contributed by atoms with Gasteiger partial charge in [-0.3, -0.25) is 9.59 Å². The van der Waals surface area contributed by atoms with Crippen LogP contribution in [0.25, 0.3) is 0 Å². The van der Waals surface area contributed by atoms with Crippen molar-refractivity contribution in [2.75, 3.05) is 17.3 Å². The first-order chi connectivity index (χ1) is 15.4. The summed E-state index contributed by atoms with van der Waals surface area (Å²) in [7, 11) is 0. The Hall–Kier alpha value is -2.21. The van der Waals surface area contributed by atoms with E-state index in [-0.39, 0.29) is 29.9 Å². The predicted octanol–water partition coefficient (Wildman–Crippen LogP) is 5.75. The number of rotatable bonds is 7. The van der Waals surface area contributed by atoms with Crippen molar-refractivity contribution < 1.29 is 9.59 Å². The van der Waals surface area contributed by atoms with Gasteiger partial charge in [0.25, 0.3) is 0 Å². The zero-order chi connectivity index (χ0) is 23.3. The number of nitrogens with one attached hydrogen (secondary N) is 2. The molecule has 2 N–H and O–H groups in total. The molecule has 0 fully saturated rings. The second-order valence-corrected chi connectivity index (χ2v) is 10.2. The monoisotopic (exact) mass is 529 g/mol. The number of thioether (sulfide) groups is 2. The Morgan fingerprint density at radius 1 is 1.31 bits per heavy atom. The first-order valence-electron chi connectivity index (χ1n) is 10.2. The van der Waals surface area contributed by atoms with Crippen molar-refractivity contribution in [1.29, 1.82) is 5.26 Å². The molecular formula is C24H24BrN3O2S2. The standard InChI is InChI=1S/C24H24BrN3O2S2/c1-4-15-10-17(25)9-14(2)23(15)27-22(30)13-32-24-20(12-26)19(11-21(29)28-24)16-5-7-18(31-3)8-6-16/h5-10,19H,4,11,13H2,1-3H3,(H,27,30)(H,28,29)/t19-/m1/s1. The first kappa shape index (κ1) is 24.4. The Morgan fingerprint density at radius 3 is 2.66 bits per heavy atom. The Balaban J connectivity index is 1.77. The molecule has 0 bridgehead atoms. The number of nitriles is 1. The summed E-state index contributed by atoms with van der Waals surface area (Å²) in [5, 5.41) is 16.1. The van der Waals surface area contributed by atoms with E-state index in [1.807, 2.05) is 56.5 Å². The Bertz CT molecular complexity index is 1110. The summed E-state index contributed by atoms with van der Waals surface area (Å²) in [6.07, 6.45) is 3.01. The Morgan fingerprint density at radius 2 is 2.03 bits per heavy atom. The predicted molar refractivity (Wildman–Crippen MR) is 136 cm³/mol. The Labute approximate surface area is 205 Å². The highest BCUT2D eigenvalue weighted by Crippen LogP contribution is 2.36. The summed E-state index contributed by atoms with van der Waals surface area (Å²) in [6.45, 7) is 4.00. The van der Waals surface area contributed by atoms with Crippen LogP contribution in [0, 0.1) is 18.3 Å². The van der Waals surface area contributed by atoms with Gasteiger partial charge in [0.2, 0.25) is 11.8 Å². The van der Waals surface area contributed by atoms with E-state index >= 15 is 0 Å². The molecule has 0 unspecified atom stereocenters. The molecule has 5 nitrogen and oxygen atoms in total. The van der Waals surface area contributed by atoms with Gasteiger partial charge in [-0.25, -0.2) is 0 Å². The van der Waals surface area contributed by atoms with Crippen LogP contribution in [0.15, 0.2) is 56.4 Å². The third-order valence-electron chi connectivity index (χ3n) is 5.25. The van der Waals surface area contributed by atoms with Crippen molar-refractivity contribution in [2.24, 2.45) is 0 Å². The lowest BCUT2D eigenvalue weighted by Gasteiger charge is -2.25. The largest absolute Gasteiger partial charge is 0.325 e. The molecule has 0 spiro atoms. The van der Waals surface area contributed by atoms with Crippen LogP contribution in [0.1, 0.15) is 36.0 Å². The molecule has 8 heteroatoms. The van der Waals surface area contributed by atoms with Gasteiger partial charge in [0.15, 0.2) is 0 Å². The van der Waals surface area contributed by atoms with Gasteiger partial charge in [0.05, 0.1) is 22.4 Å². The van der Waals surface area contributed by atoms with Crippen LogP contribution in [-0.2, 0) is 16.0 Å². The second-order valence-electron chi connectivity index (χ2n) is 7.38. The number of hydrogen-bond donors (Lipinski definition) is 2. The molecule has 0 aromatic heterocycles. The molecule has 166 valence electrons. The van der Waals surface area contributed by atoms with Gasteiger partial charge in [0, 0.05) is 27.4 Å². The summed E-state index contributed by atoms with van der Waals surface area (Å²) < 4.78 is 0.976. The van der Waals surface area contributed by atoms with Crippen LogP contribution in [0.5, 0.6) is 0 Å². The maximum absolute atomic E-state index is 12.7. The van der Waals surface area contributed by atoms with Crippen molar-refractivity contribution in [1.82, 2.24) is 5.32 Å². The van der Waals surface area contributed by atoms with Crippen LogP contribution in [-0.4, -0.2) is 23.8 Å². The number of hydrogen-bond acceptors (Lipinski definition) is 5. The lowest BCUT2D eigenvalue weighted by Crippen LogP contribution is -2.31. The van der Waals surface area contributed by atoms with Crippen molar-refractivity contribution in [3.63, 3.8) is 0 Å². The molecule has 0 saturated carbocycles. The van der Waals surface area contributed by atoms with Crippen LogP contribution in [0.2, 0.25) is 0 Å². The average molecular weight is 531 g/mol. The molecule has 1 aliphatic rings. The minimum atomic E-state index is -0.310. The van der Waals surface area contributed by atoms with E-state index in [0.717, 1.165) is 38.2 Å². The van der Waals surface area contributed by atoms with E-state index in [9.17, 15) is 14.9 Å². The maximum atomic E-state index is 12.7. The van der Waals surface area contributed by atoms with Gasteiger partial charge in [-0.1, -0.05) is 46.7 Å². The summed E-state index contributed by atoms with van der Waals surface area (Å²) in [4.78, 5) is 26.2. The van der Waals surface area contributed by atoms with Crippen molar-refractivity contribution in [3.8, 4) is 6.07 Å². The summed E-state index contributed by atoms with van der Waals surface area (Å²) in [5.74, 6) is -0.545. The van der Waals surface area contributed by atoms with Gasteiger partial charge in [-0.15, -0.1) is 11.8 Å². The highest BCUT2D eigenvalue weighted by Gasteiger charge is 2.30. The molecule has 0 radical (unpaired) electrons. The zero-order valence-corrected chi connectivity index (χ0v) is 21.3. The third kappa shape index (κ3) is 5.77. The van der Waals surface area contributed by atoms with E-state index < -0.39 is 0 Å². The fraction of sp³-hybridized carbons (Fsp3) is 0.292. The van der Waals surface area contributed by atoms with Crippen molar-refractivity contribution in [2.45, 2.75) is 37.5 Å². The smallest absolute Gasteiger partial charge is 0.234 e. The summed E-state index contributed by atoms with van der Waals surface area (Å²) in [5.41, 5.74) is 4.26. The quantitative estimate of drug-likeness (QED) is 0.446. The zero-order valence-electron chi connectivity index (χ0n) is 18.1. The first-order valence-corrected chi connectivity index (χ1v) is 13.2. The summed E-state index contributed by atoms with van der Waals surface area (Å²) >= 11 is 6.32. The number of carbonyl (C=O) groups is 2. The van der Waals surface area contributed by atoms with E-state index in [4.69, 9.17) is 0 Å². The minimum Gasteiger partial charge on any atom is -0.325 e. The fourth-order valence-electron chi connectivity index (χ4n) is 3.64. The van der Waals surface area contributed by atoms with Crippen molar-refractivity contribution >= 4 is 57.0 Å². The highest BCUT2D eigenvalue weighted by atomic mass is 79.9. The molecular weight excluding hydrogens is 506 g/mol. The number of halogens is 1. The minimum absolute atomic E-state index is 0.0948. The van der Waals surface area contributed by atoms with E-state index in [1.54, 1.807) is 11.8 Å². The number of nitrogens with zero attached hydrogens (tertiary/aromatic N) is 1. The number of anilines is 1. The van der Waals surface area contributed by atoms with E-state index in [2.05, 4.69) is 32.6 Å². The molecule has 0 aliphatic carbocycles. The van der Waals surface area contributed by atoms with Gasteiger partial charge >= 0.3 is 0 Å². The van der Waals surface area contributed by atoms with Crippen molar-refractivity contribution in [3.05, 3.63) is 68.2 Å².